The highest BCUT2D eigenvalue weighted by molar-refractivity contribution is 7.21. The summed E-state index contributed by atoms with van der Waals surface area (Å²) in [6.45, 7) is 4.53. The van der Waals surface area contributed by atoms with Gasteiger partial charge in [-0.3, -0.25) is 9.59 Å². The zero-order valence-corrected chi connectivity index (χ0v) is 13.0. The molecule has 0 saturated heterocycles. The van der Waals surface area contributed by atoms with Gasteiger partial charge in [0.05, 0.1) is 12.2 Å². The van der Waals surface area contributed by atoms with Gasteiger partial charge in [-0.15, -0.1) is 11.3 Å². The van der Waals surface area contributed by atoms with E-state index in [0.29, 0.717) is 17.1 Å². The molecule has 0 aliphatic heterocycles. The van der Waals surface area contributed by atoms with E-state index in [0.717, 1.165) is 22.1 Å². The van der Waals surface area contributed by atoms with Crippen molar-refractivity contribution in [2.45, 2.75) is 20.3 Å². The number of nitrogen functional groups attached to an aromatic ring is 1. The Morgan fingerprint density at radius 1 is 1.29 bits per heavy atom. The van der Waals surface area contributed by atoms with E-state index < -0.39 is 0 Å². The molecule has 0 saturated carbocycles. The number of carbonyl (C=O) groups is 2. The first-order valence-corrected chi connectivity index (χ1v) is 7.68. The summed E-state index contributed by atoms with van der Waals surface area (Å²) in [4.78, 5) is 24.1. The number of thiophene rings is 1. The largest absolute Gasteiger partial charge is 0.397 e. The van der Waals surface area contributed by atoms with Gasteiger partial charge in [-0.05, 0) is 25.5 Å². The summed E-state index contributed by atoms with van der Waals surface area (Å²) in [6.07, 6.45) is 0.863. The van der Waals surface area contributed by atoms with Crippen LogP contribution in [0.5, 0.6) is 0 Å². The van der Waals surface area contributed by atoms with Crippen LogP contribution in [0.1, 0.15) is 28.6 Å². The van der Waals surface area contributed by atoms with Crippen molar-refractivity contribution in [3.63, 3.8) is 0 Å². The summed E-state index contributed by atoms with van der Waals surface area (Å²) in [5.74, 6) is -0.501. The number of benzene rings is 1. The second kappa shape index (κ2) is 6.58. The van der Waals surface area contributed by atoms with Crippen molar-refractivity contribution in [1.82, 2.24) is 10.6 Å². The zero-order chi connectivity index (χ0) is 15.4. The number of nitrogens with one attached hydrogen (secondary N) is 2. The lowest BCUT2D eigenvalue weighted by molar-refractivity contribution is -0.120. The van der Waals surface area contributed by atoms with Crippen molar-refractivity contribution in [3.8, 4) is 0 Å². The minimum Gasteiger partial charge on any atom is -0.397 e. The number of fused-ring (bicyclic) bond motifs is 1. The van der Waals surface area contributed by atoms with E-state index in [9.17, 15) is 9.59 Å². The first kappa shape index (κ1) is 15.3. The van der Waals surface area contributed by atoms with E-state index in [1.165, 1.54) is 11.3 Å². The number of aryl methyl sites for hydroxylation is 1. The molecule has 2 amide bonds. The predicted octanol–water partition coefficient (Wildman–Crippen LogP) is 2.05. The van der Waals surface area contributed by atoms with E-state index in [-0.39, 0.29) is 18.4 Å². The molecule has 0 spiro atoms. The number of amides is 2. The van der Waals surface area contributed by atoms with E-state index in [2.05, 4.69) is 10.6 Å². The molecule has 1 aromatic heterocycles. The van der Waals surface area contributed by atoms with Gasteiger partial charge in [0.1, 0.15) is 4.88 Å². The fraction of sp³-hybridized carbons (Fsp3) is 0.333. The first-order valence-electron chi connectivity index (χ1n) is 6.86. The summed E-state index contributed by atoms with van der Waals surface area (Å²) in [5.41, 5.74) is 7.62. The fourth-order valence-electron chi connectivity index (χ4n) is 1.97. The van der Waals surface area contributed by atoms with E-state index in [4.69, 9.17) is 5.73 Å². The van der Waals surface area contributed by atoms with Crippen LogP contribution in [0.15, 0.2) is 18.2 Å². The lowest BCUT2D eigenvalue weighted by Crippen LogP contribution is -2.37. The molecule has 0 aliphatic carbocycles. The molecule has 1 aromatic carbocycles. The van der Waals surface area contributed by atoms with Gasteiger partial charge in [0.15, 0.2) is 0 Å². The summed E-state index contributed by atoms with van der Waals surface area (Å²) in [5, 5.41) is 6.20. The second-order valence-corrected chi connectivity index (χ2v) is 5.93. The predicted molar refractivity (Wildman–Crippen MR) is 86.6 cm³/mol. The van der Waals surface area contributed by atoms with E-state index in [1.807, 2.05) is 32.0 Å². The van der Waals surface area contributed by atoms with Crippen LogP contribution >= 0.6 is 11.3 Å². The standard InChI is InChI=1S/C15H19N3O2S/c1-3-6-17-12(19)8-18-15(20)14-13(16)10-7-9(2)4-5-11(10)21-14/h4-5,7H,3,6,8,16H2,1-2H3,(H,17,19)(H,18,20). The summed E-state index contributed by atoms with van der Waals surface area (Å²) in [6, 6.07) is 5.90. The highest BCUT2D eigenvalue weighted by Gasteiger charge is 2.16. The number of hydrogen-bond acceptors (Lipinski definition) is 4. The molecular weight excluding hydrogens is 286 g/mol. The van der Waals surface area contributed by atoms with Gasteiger partial charge in [-0.1, -0.05) is 18.6 Å². The van der Waals surface area contributed by atoms with Gasteiger partial charge < -0.3 is 16.4 Å². The van der Waals surface area contributed by atoms with Crippen LogP contribution in [0.25, 0.3) is 10.1 Å². The van der Waals surface area contributed by atoms with Crippen LogP contribution < -0.4 is 16.4 Å². The van der Waals surface area contributed by atoms with Crippen LogP contribution in [0.2, 0.25) is 0 Å². The molecule has 0 unspecified atom stereocenters. The van der Waals surface area contributed by atoms with E-state index in [1.54, 1.807) is 0 Å². The van der Waals surface area contributed by atoms with Crippen molar-refractivity contribution >= 4 is 38.9 Å². The SMILES string of the molecule is CCCNC(=O)CNC(=O)c1sc2ccc(C)cc2c1N. The maximum absolute atomic E-state index is 12.1. The molecule has 112 valence electrons. The van der Waals surface area contributed by atoms with Gasteiger partial charge in [0, 0.05) is 16.6 Å². The van der Waals surface area contributed by atoms with Crippen LogP contribution in [0.4, 0.5) is 5.69 Å². The Hall–Kier alpha value is -2.08. The average Bonchev–Trinajstić information content (AvgIpc) is 2.79. The highest BCUT2D eigenvalue weighted by Crippen LogP contribution is 2.34. The van der Waals surface area contributed by atoms with Crippen LogP contribution in [-0.4, -0.2) is 24.9 Å². The summed E-state index contributed by atoms with van der Waals surface area (Å²) in [7, 11) is 0. The Morgan fingerprint density at radius 3 is 2.76 bits per heavy atom. The normalized spacial score (nSPS) is 10.6. The smallest absolute Gasteiger partial charge is 0.263 e. The molecule has 5 nitrogen and oxygen atoms in total. The average molecular weight is 305 g/mol. The first-order chi connectivity index (χ1) is 10.0. The Morgan fingerprint density at radius 2 is 2.05 bits per heavy atom. The third-order valence-electron chi connectivity index (χ3n) is 3.07. The number of hydrogen-bond donors (Lipinski definition) is 3. The maximum atomic E-state index is 12.1. The zero-order valence-electron chi connectivity index (χ0n) is 12.2. The molecule has 0 fully saturated rings. The Balaban J connectivity index is 2.09. The van der Waals surface area contributed by atoms with Gasteiger partial charge in [-0.2, -0.15) is 0 Å². The lowest BCUT2D eigenvalue weighted by Gasteiger charge is -2.05. The molecular formula is C15H19N3O2S. The van der Waals surface area contributed by atoms with Crippen LogP contribution in [0, 0.1) is 6.92 Å². The van der Waals surface area contributed by atoms with Crippen molar-refractivity contribution in [2.24, 2.45) is 0 Å². The third kappa shape index (κ3) is 3.52. The maximum Gasteiger partial charge on any atom is 0.263 e. The third-order valence-corrected chi connectivity index (χ3v) is 4.26. The minimum atomic E-state index is -0.307. The molecule has 1 heterocycles. The second-order valence-electron chi connectivity index (χ2n) is 4.88. The molecule has 21 heavy (non-hydrogen) atoms. The number of anilines is 1. The Kier molecular flexibility index (Phi) is 4.80. The van der Waals surface area contributed by atoms with Gasteiger partial charge in [0.25, 0.3) is 5.91 Å². The number of nitrogens with two attached hydrogens (primary N) is 1. The van der Waals surface area contributed by atoms with Crippen molar-refractivity contribution in [2.75, 3.05) is 18.8 Å². The summed E-state index contributed by atoms with van der Waals surface area (Å²) >= 11 is 1.34. The Labute approximate surface area is 127 Å². The highest BCUT2D eigenvalue weighted by atomic mass is 32.1. The van der Waals surface area contributed by atoms with Crippen LogP contribution in [0.3, 0.4) is 0 Å². The van der Waals surface area contributed by atoms with Crippen molar-refractivity contribution in [1.29, 1.82) is 0 Å². The van der Waals surface area contributed by atoms with Gasteiger partial charge >= 0.3 is 0 Å². The molecule has 2 rings (SSSR count). The molecule has 0 bridgehead atoms. The Bertz CT molecular complexity index is 679. The molecule has 0 aliphatic rings. The minimum absolute atomic E-state index is 0.0362. The van der Waals surface area contributed by atoms with Crippen LogP contribution in [-0.2, 0) is 4.79 Å². The summed E-state index contributed by atoms with van der Waals surface area (Å²) < 4.78 is 0.971. The molecule has 2 aromatic rings. The monoisotopic (exact) mass is 305 g/mol. The molecule has 0 radical (unpaired) electrons. The fourth-order valence-corrected chi connectivity index (χ4v) is 2.99. The van der Waals surface area contributed by atoms with Gasteiger partial charge in [-0.25, -0.2) is 0 Å². The molecule has 4 N–H and O–H groups in total. The molecule has 0 atom stereocenters. The van der Waals surface area contributed by atoms with Gasteiger partial charge in [0.2, 0.25) is 5.91 Å². The lowest BCUT2D eigenvalue weighted by atomic mass is 10.1. The number of rotatable bonds is 5. The molecule has 6 heteroatoms. The number of carbonyl (C=O) groups excluding carboxylic acids is 2. The van der Waals surface area contributed by atoms with Crippen molar-refractivity contribution in [3.05, 3.63) is 28.6 Å². The van der Waals surface area contributed by atoms with E-state index >= 15 is 0 Å². The van der Waals surface area contributed by atoms with Crippen molar-refractivity contribution < 1.29 is 9.59 Å². The topological polar surface area (TPSA) is 84.2 Å². The quantitative estimate of drug-likeness (QED) is 0.790.